The SMILES string of the molecule is CO/N=c1\ccn2c3c(cccc13)Sc1ccccc1-2. The van der Waals surface area contributed by atoms with E-state index in [0.29, 0.717) is 0 Å². The molecule has 3 nitrogen and oxygen atoms in total. The maximum Gasteiger partial charge on any atom is 0.113 e. The third kappa shape index (κ3) is 1.58. The molecule has 1 aliphatic heterocycles. The first-order valence-corrected chi connectivity index (χ1v) is 7.19. The van der Waals surface area contributed by atoms with E-state index >= 15 is 0 Å². The third-order valence-corrected chi connectivity index (χ3v) is 4.55. The van der Waals surface area contributed by atoms with E-state index in [1.54, 1.807) is 18.9 Å². The largest absolute Gasteiger partial charge is 0.399 e. The Morgan fingerprint density at radius 2 is 1.85 bits per heavy atom. The summed E-state index contributed by atoms with van der Waals surface area (Å²) in [5.74, 6) is 0. The van der Waals surface area contributed by atoms with Crippen LogP contribution in [0.1, 0.15) is 0 Å². The lowest BCUT2D eigenvalue weighted by molar-refractivity contribution is 0.201. The van der Waals surface area contributed by atoms with Gasteiger partial charge in [0.15, 0.2) is 0 Å². The Morgan fingerprint density at radius 3 is 2.75 bits per heavy atom. The van der Waals surface area contributed by atoms with Crippen molar-refractivity contribution >= 4 is 22.7 Å². The summed E-state index contributed by atoms with van der Waals surface area (Å²) < 4.78 is 2.23. The van der Waals surface area contributed by atoms with E-state index in [1.807, 2.05) is 6.07 Å². The van der Waals surface area contributed by atoms with E-state index in [0.717, 1.165) is 10.7 Å². The van der Waals surface area contributed by atoms with E-state index in [4.69, 9.17) is 4.84 Å². The Hall–Kier alpha value is -2.20. The zero-order chi connectivity index (χ0) is 13.5. The first-order chi connectivity index (χ1) is 9.88. The third-order valence-electron chi connectivity index (χ3n) is 3.43. The molecule has 0 spiro atoms. The first kappa shape index (κ1) is 11.6. The van der Waals surface area contributed by atoms with Gasteiger partial charge in [-0.3, -0.25) is 0 Å². The first-order valence-electron chi connectivity index (χ1n) is 6.37. The molecule has 4 rings (SSSR count). The van der Waals surface area contributed by atoms with Crippen molar-refractivity contribution in [3.8, 4) is 5.69 Å². The van der Waals surface area contributed by atoms with Crippen LogP contribution in [0, 0.1) is 0 Å². The summed E-state index contributed by atoms with van der Waals surface area (Å²) in [6.07, 6.45) is 2.06. The lowest BCUT2D eigenvalue weighted by Gasteiger charge is -2.22. The quantitative estimate of drug-likeness (QED) is 0.498. The van der Waals surface area contributed by atoms with Gasteiger partial charge in [-0.2, -0.15) is 0 Å². The molecule has 20 heavy (non-hydrogen) atoms. The van der Waals surface area contributed by atoms with Crippen LogP contribution in [0.2, 0.25) is 0 Å². The van der Waals surface area contributed by atoms with E-state index in [9.17, 15) is 0 Å². The molecule has 0 N–H and O–H groups in total. The molecule has 0 aliphatic carbocycles. The van der Waals surface area contributed by atoms with Crippen molar-refractivity contribution in [3.63, 3.8) is 0 Å². The van der Waals surface area contributed by atoms with Crippen molar-refractivity contribution in [2.75, 3.05) is 7.11 Å². The highest BCUT2D eigenvalue weighted by molar-refractivity contribution is 7.99. The maximum absolute atomic E-state index is 4.95. The van der Waals surface area contributed by atoms with Crippen LogP contribution in [-0.4, -0.2) is 11.7 Å². The van der Waals surface area contributed by atoms with Crippen LogP contribution in [0.5, 0.6) is 0 Å². The fourth-order valence-corrected chi connectivity index (χ4v) is 3.72. The Kier molecular flexibility index (Phi) is 2.57. The van der Waals surface area contributed by atoms with Gasteiger partial charge < -0.3 is 9.40 Å². The van der Waals surface area contributed by atoms with E-state index in [2.05, 4.69) is 58.4 Å². The topological polar surface area (TPSA) is 26.5 Å². The summed E-state index contributed by atoms with van der Waals surface area (Å²) in [6, 6.07) is 16.7. The minimum absolute atomic E-state index is 0.862. The molecule has 0 radical (unpaired) electrons. The summed E-state index contributed by atoms with van der Waals surface area (Å²) in [4.78, 5) is 7.46. The molecular weight excluding hydrogens is 268 g/mol. The Labute approximate surface area is 120 Å². The van der Waals surface area contributed by atoms with Crippen molar-refractivity contribution in [2.24, 2.45) is 5.16 Å². The average Bonchev–Trinajstić information content (AvgIpc) is 2.50. The molecule has 3 aromatic rings. The van der Waals surface area contributed by atoms with Gasteiger partial charge in [0.2, 0.25) is 0 Å². The van der Waals surface area contributed by atoms with Gasteiger partial charge >= 0.3 is 0 Å². The summed E-state index contributed by atoms with van der Waals surface area (Å²) in [5, 5.41) is 6.08. The zero-order valence-electron chi connectivity index (χ0n) is 10.9. The van der Waals surface area contributed by atoms with Crippen LogP contribution in [0.25, 0.3) is 16.6 Å². The van der Waals surface area contributed by atoms with Crippen LogP contribution in [0.15, 0.2) is 69.7 Å². The highest BCUT2D eigenvalue weighted by Gasteiger charge is 2.17. The van der Waals surface area contributed by atoms with Crippen molar-refractivity contribution < 1.29 is 4.84 Å². The number of benzene rings is 2. The summed E-state index contributed by atoms with van der Waals surface area (Å²) in [6.45, 7) is 0. The van der Waals surface area contributed by atoms with Gasteiger partial charge in [-0.25, -0.2) is 0 Å². The number of hydrogen-bond acceptors (Lipinski definition) is 3. The highest BCUT2D eigenvalue weighted by Crippen LogP contribution is 2.41. The lowest BCUT2D eigenvalue weighted by Crippen LogP contribution is -2.12. The zero-order valence-corrected chi connectivity index (χ0v) is 11.7. The molecule has 0 atom stereocenters. The predicted octanol–water partition coefficient (Wildman–Crippen LogP) is 3.56. The van der Waals surface area contributed by atoms with Gasteiger partial charge in [-0.15, -0.1) is 0 Å². The minimum Gasteiger partial charge on any atom is -0.399 e. The predicted molar refractivity (Wildman–Crippen MR) is 80.0 cm³/mol. The van der Waals surface area contributed by atoms with Crippen molar-refractivity contribution in [1.29, 1.82) is 0 Å². The van der Waals surface area contributed by atoms with Gasteiger partial charge in [0.1, 0.15) is 12.5 Å². The van der Waals surface area contributed by atoms with Crippen molar-refractivity contribution in [2.45, 2.75) is 9.79 Å². The Bertz CT molecular complexity index is 883. The standard InChI is InChI=1S/C16H12N2OS/c1-19-17-12-9-10-18-13-6-2-3-7-14(13)20-15-8-4-5-11(12)16(15)18/h2-10H,1H3/b17-12+. The summed E-state index contributed by atoms with van der Waals surface area (Å²) in [7, 11) is 1.58. The van der Waals surface area contributed by atoms with Gasteiger partial charge in [0.05, 0.1) is 11.2 Å². The molecule has 2 heterocycles. The second kappa shape index (κ2) is 4.42. The van der Waals surface area contributed by atoms with Gasteiger partial charge in [0, 0.05) is 21.4 Å². The van der Waals surface area contributed by atoms with E-state index in [1.165, 1.54) is 21.0 Å². The fraction of sp³-hybridized carbons (Fsp3) is 0.0625. The van der Waals surface area contributed by atoms with Gasteiger partial charge in [0.25, 0.3) is 0 Å². The lowest BCUT2D eigenvalue weighted by atomic mass is 10.2. The van der Waals surface area contributed by atoms with Gasteiger partial charge in [-0.05, 0) is 24.3 Å². The van der Waals surface area contributed by atoms with Gasteiger partial charge in [-0.1, -0.05) is 41.2 Å². The summed E-state index contributed by atoms with van der Waals surface area (Å²) in [5.41, 5.74) is 2.40. The maximum atomic E-state index is 4.95. The molecule has 0 unspecified atom stereocenters. The second-order valence-corrected chi connectivity index (χ2v) is 5.65. The average molecular weight is 280 g/mol. The molecule has 1 aliphatic rings. The monoisotopic (exact) mass is 280 g/mol. The number of pyridine rings is 1. The number of para-hydroxylation sites is 2. The molecule has 0 saturated carbocycles. The molecule has 1 aromatic heterocycles. The number of fused-ring (bicyclic) bond motifs is 2. The van der Waals surface area contributed by atoms with E-state index in [-0.39, 0.29) is 0 Å². The number of aromatic nitrogens is 1. The van der Waals surface area contributed by atoms with Crippen LogP contribution in [-0.2, 0) is 4.84 Å². The highest BCUT2D eigenvalue weighted by atomic mass is 32.2. The number of nitrogens with zero attached hydrogens (tertiary/aromatic N) is 2. The fourth-order valence-electron chi connectivity index (χ4n) is 2.61. The molecule has 2 aromatic carbocycles. The molecule has 0 bridgehead atoms. The van der Waals surface area contributed by atoms with Crippen LogP contribution >= 0.6 is 11.8 Å². The van der Waals surface area contributed by atoms with Crippen LogP contribution < -0.4 is 5.36 Å². The molecule has 0 amide bonds. The minimum atomic E-state index is 0.862. The van der Waals surface area contributed by atoms with E-state index < -0.39 is 0 Å². The molecule has 0 saturated heterocycles. The van der Waals surface area contributed by atoms with Crippen molar-refractivity contribution in [3.05, 3.63) is 60.1 Å². The molecular formula is C16H12N2OS. The molecule has 0 fully saturated rings. The summed E-state index contributed by atoms with van der Waals surface area (Å²) >= 11 is 1.80. The smallest absolute Gasteiger partial charge is 0.113 e. The second-order valence-electron chi connectivity index (χ2n) is 4.57. The molecule has 98 valence electrons. The molecule has 4 heteroatoms. The Balaban J connectivity index is 2.18. The van der Waals surface area contributed by atoms with Crippen LogP contribution in [0.3, 0.4) is 0 Å². The normalized spacial score (nSPS) is 13.3. The number of rotatable bonds is 1. The van der Waals surface area contributed by atoms with Crippen molar-refractivity contribution in [1.82, 2.24) is 4.57 Å². The van der Waals surface area contributed by atoms with Crippen LogP contribution in [0.4, 0.5) is 0 Å². The number of hydrogen-bond donors (Lipinski definition) is 0. The Morgan fingerprint density at radius 1 is 1.00 bits per heavy atom.